The van der Waals surface area contributed by atoms with E-state index in [0.29, 0.717) is 5.56 Å². The molecule has 0 aliphatic heterocycles. The van der Waals surface area contributed by atoms with Crippen molar-refractivity contribution in [1.82, 2.24) is 14.6 Å². The van der Waals surface area contributed by atoms with E-state index in [-0.39, 0.29) is 22.2 Å². The highest BCUT2D eigenvalue weighted by molar-refractivity contribution is 6.33. The van der Waals surface area contributed by atoms with E-state index < -0.39 is 5.97 Å². The van der Waals surface area contributed by atoms with Gasteiger partial charge in [-0.15, -0.1) is 0 Å². The average molecular weight is 289 g/mol. The lowest BCUT2D eigenvalue weighted by molar-refractivity contribution is 0.0699. The quantitative estimate of drug-likeness (QED) is 0.706. The number of carbonyl (C=O) groups is 1. The Kier molecular flexibility index (Phi) is 2.80. The van der Waals surface area contributed by atoms with Gasteiger partial charge in [0, 0.05) is 0 Å². The van der Waals surface area contributed by atoms with Crippen molar-refractivity contribution in [2.24, 2.45) is 0 Å². The van der Waals surface area contributed by atoms with Crippen LogP contribution in [0.25, 0.3) is 16.8 Å². The molecule has 2 heterocycles. The van der Waals surface area contributed by atoms with Crippen LogP contribution in [0.5, 0.6) is 0 Å². The van der Waals surface area contributed by atoms with Crippen molar-refractivity contribution in [2.45, 2.75) is 0 Å². The predicted molar refractivity (Wildman–Crippen MR) is 74.8 cm³/mol. The van der Waals surface area contributed by atoms with E-state index in [4.69, 9.17) is 22.4 Å². The molecule has 0 aliphatic rings. The molecule has 20 heavy (non-hydrogen) atoms. The molecule has 0 saturated heterocycles. The number of fused-ring (bicyclic) bond motifs is 1. The molecule has 0 spiro atoms. The van der Waals surface area contributed by atoms with Crippen LogP contribution in [-0.4, -0.2) is 25.7 Å². The summed E-state index contributed by atoms with van der Waals surface area (Å²) in [5.41, 5.74) is 7.45. The number of hydrogen-bond acceptors (Lipinski definition) is 4. The van der Waals surface area contributed by atoms with E-state index in [1.807, 2.05) is 30.3 Å². The molecule has 6 nitrogen and oxygen atoms in total. The van der Waals surface area contributed by atoms with Crippen molar-refractivity contribution in [1.29, 1.82) is 0 Å². The van der Waals surface area contributed by atoms with E-state index in [1.54, 1.807) is 0 Å². The number of rotatable bonds is 2. The molecule has 0 aliphatic carbocycles. The van der Waals surface area contributed by atoms with E-state index >= 15 is 0 Å². The Hall–Kier alpha value is -2.60. The Morgan fingerprint density at radius 1 is 1.30 bits per heavy atom. The number of aromatic nitrogens is 3. The minimum atomic E-state index is -1.13. The fourth-order valence-corrected chi connectivity index (χ4v) is 2.29. The largest absolute Gasteiger partial charge is 0.477 e. The highest BCUT2D eigenvalue weighted by Crippen LogP contribution is 2.32. The Balaban J connectivity index is 2.34. The summed E-state index contributed by atoms with van der Waals surface area (Å²) >= 11 is 6.15. The number of hydrogen-bond donors (Lipinski definition) is 2. The number of carboxylic acids is 1. The minimum absolute atomic E-state index is 0.0433. The van der Waals surface area contributed by atoms with Crippen LogP contribution in [-0.2, 0) is 0 Å². The zero-order chi connectivity index (χ0) is 14.3. The monoisotopic (exact) mass is 288 g/mol. The van der Waals surface area contributed by atoms with Crippen molar-refractivity contribution in [2.75, 3.05) is 5.73 Å². The van der Waals surface area contributed by atoms with Gasteiger partial charge in [0.1, 0.15) is 16.5 Å². The van der Waals surface area contributed by atoms with Crippen molar-refractivity contribution in [3.63, 3.8) is 0 Å². The summed E-state index contributed by atoms with van der Waals surface area (Å²) < 4.78 is 1.28. The highest BCUT2D eigenvalue weighted by Gasteiger charge is 2.19. The predicted octanol–water partition coefficient (Wildman–Crippen LogP) is 2.33. The van der Waals surface area contributed by atoms with Gasteiger partial charge in [0.25, 0.3) is 0 Å². The van der Waals surface area contributed by atoms with Crippen LogP contribution in [0, 0.1) is 0 Å². The number of nitrogens with zero attached hydrogens (tertiary/aromatic N) is 3. The zero-order valence-electron chi connectivity index (χ0n) is 10.1. The number of nitrogen functional groups attached to an aromatic ring is 1. The van der Waals surface area contributed by atoms with Gasteiger partial charge >= 0.3 is 5.97 Å². The third-order valence-corrected chi connectivity index (χ3v) is 3.20. The average Bonchev–Trinajstić information content (AvgIpc) is 2.84. The first kappa shape index (κ1) is 12.4. The Labute approximate surface area is 118 Å². The molecular weight excluding hydrogens is 280 g/mol. The van der Waals surface area contributed by atoms with E-state index in [2.05, 4.69) is 10.1 Å². The SMILES string of the molecule is Nc1c(-c2ccccc2)c(Cl)nc2c(C(=O)O)cnn12. The number of carboxylic acid groups (broad SMARTS) is 1. The summed E-state index contributed by atoms with van der Waals surface area (Å²) in [6.45, 7) is 0. The molecule has 1 aromatic carbocycles. The number of nitrogens with two attached hydrogens (primary N) is 1. The molecule has 0 bridgehead atoms. The summed E-state index contributed by atoms with van der Waals surface area (Å²) in [4.78, 5) is 15.2. The summed E-state index contributed by atoms with van der Waals surface area (Å²) in [6, 6.07) is 9.25. The lowest BCUT2D eigenvalue weighted by atomic mass is 10.1. The fourth-order valence-electron chi connectivity index (χ4n) is 2.01. The molecule has 7 heteroatoms. The van der Waals surface area contributed by atoms with E-state index in [0.717, 1.165) is 5.56 Å². The van der Waals surface area contributed by atoms with Crippen molar-refractivity contribution < 1.29 is 9.90 Å². The van der Waals surface area contributed by atoms with Crippen LogP contribution >= 0.6 is 11.6 Å². The van der Waals surface area contributed by atoms with Gasteiger partial charge in [0.05, 0.1) is 11.8 Å². The van der Waals surface area contributed by atoms with Crippen molar-refractivity contribution in [3.05, 3.63) is 47.2 Å². The Bertz CT molecular complexity index is 814. The van der Waals surface area contributed by atoms with Crippen LogP contribution in [0.2, 0.25) is 5.15 Å². The maximum Gasteiger partial charge on any atom is 0.341 e. The van der Waals surface area contributed by atoms with Crippen LogP contribution < -0.4 is 5.73 Å². The lowest BCUT2D eigenvalue weighted by Crippen LogP contribution is -2.05. The van der Waals surface area contributed by atoms with Crippen LogP contribution in [0.4, 0.5) is 5.82 Å². The molecule has 0 atom stereocenters. The normalized spacial score (nSPS) is 10.8. The number of benzene rings is 1. The molecular formula is C13H9ClN4O2. The number of aromatic carboxylic acids is 1. The summed E-state index contributed by atoms with van der Waals surface area (Å²) in [7, 11) is 0. The first-order valence-electron chi connectivity index (χ1n) is 5.71. The highest BCUT2D eigenvalue weighted by atomic mass is 35.5. The molecule has 3 rings (SSSR count). The van der Waals surface area contributed by atoms with Crippen LogP contribution in [0.3, 0.4) is 0 Å². The zero-order valence-corrected chi connectivity index (χ0v) is 10.9. The lowest BCUT2D eigenvalue weighted by Gasteiger charge is -2.09. The molecule has 0 saturated carbocycles. The second-order valence-corrected chi connectivity index (χ2v) is 4.49. The number of halogens is 1. The van der Waals surface area contributed by atoms with Gasteiger partial charge in [-0.25, -0.2) is 9.78 Å². The Morgan fingerprint density at radius 3 is 2.65 bits per heavy atom. The van der Waals surface area contributed by atoms with Crippen LogP contribution in [0.1, 0.15) is 10.4 Å². The van der Waals surface area contributed by atoms with Gasteiger partial charge in [-0.05, 0) is 5.56 Å². The van der Waals surface area contributed by atoms with E-state index in [9.17, 15) is 4.79 Å². The molecule has 100 valence electrons. The minimum Gasteiger partial charge on any atom is -0.477 e. The van der Waals surface area contributed by atoms with Crippen molar-refractivity contribution >= 4 is 29.0 Å². The first-order valence-corrected chi connectivity index (χ1v) is 6.09. The van der Waals surface area contributed by atoms with Gasteiger partial charge in [0.2, 0.25) is 0 Å². The maximum absolute atomic E-state index is 11.1. The molecule has 0 radical (unpaired) electrons. The summed E-state index contributed by atoms with van der Waals surface area (Å²) in [6.07, 6.45) is 1.20. The fraction of sp³-hybridized carbons (Fsp3) is 0. The Morgan fingerprint density at radius 2 is 2.00 bits per heavy atom. The summed E-state index contributed by atoms with van der Waals surface area (Å²) in [5, 5.41) is 13.2. The van der Waals surface area contributed by atoms with Gasteiger partial charge in [-0.2, -0.15) is 9.61 Å². The third kappa shape index (κ3) is 1.78. The topological polar surface area (TPSA) is 93.5 Å². The first-order chi connectivity index (χ1) is 9.59. The second kappa shape index (κ2) is 4.50. The molecule has 0 fully saturated rings. The second-order valence-electron chi connectivity index (χ2n) is 4.13. The molecule has 0 unspecified atom stereocenters. The molecule has 3 aromatic rings. The van der Waals surface area contributed by atoms with Gasteiger partial charge in [-0.3, -0.25) is 0 Å². The standard InChI is InChI=1S/C13H9ClN4O2/c14-10-9(7-4-2-1-3-5-7)11(15)18-12(17-10)8(6-16-18)13(19)20/h1-6H,15H2,(H,19,20). The summed E-state index contributed by atoms with van der Waals surface area (Å²) in [5.74, 6) is -0.880. The smallest absolute Gasteiger partial charge is 0.341 e. The number of anilines is 1. The van der Waals surface area contributed by atoms with Crippen molar-refractivity contribution in [3.8, 4) is 11.1 Å². The maximum atomic E-state index is 11.1. The molecule has 3 N–H and O–H groups in total. The third-order valence-electron chi connectivity index (χ3n) is 2.93. The van der Waals surface area contributed by atoms with Crippen LogP contribution in [0.15, 0.2) is 36.5 Å². The van der Waals surface area contributed by atoms with Gasteiger partial charge < -0.3 is 10.8 Å². The van der Waals surface area contributed by atoms with E-state index in [1.165, 1.54) is 10.7 Å². The molecule has 2 aromatic heterocycles. The van der Waals surface area contributed by atoms with Gasteiger partial charge in [-0.1, -0.05) is 41.9 Å². The molecule has 0 amide bonds. The van der Waals surface area contributed by atoms with Gasteiger partial charge in [0.15, 0.2) is 5.65 Å².